The topological polar surface area (TPSA) is 65.1 Å². The monoisotopic (exact) mass is 280 g/mol. The van der Waals surface area contributed by atoms with E-state index in [2.05, 4.69) is 29.3 Å². The Balaban J connectivity index is 1.96. The highest BCUT2D eigenvalue weighted by Gasteiger charge is 2.22. The third-order valence-corrected chi connectivity index (χ3v) is 4.24. The molecule has 1 aromatic heterocycles. The highest BCUT2D eigenvalue weighted by molar-refractivity contribution is 5.03. The zero-order valence-electron chi connectivity index (χ0n) is 12.7. The number of hydrogen-bond donors (Lipinski definition) is 2. The molecule has 1 aliphatic rings. The minimum Gasteiger partial charge on any atom is -0.377 e. The lowest BCUT2D eigenvalue weighted by atomic mass is 10.0. The lowest BCUT2D eigenvalue weighted by molar-refractivity contribution is 0.0316. The Kier molecular flexibility index (Phi) is 6.01. The van der Waals surface area contributed by atoms with Crippen LogP contribution in [-0.4, -0.2) is 28.5 Å². The Hall–Kier alpha value is -0.910. The summed E-state index contributed by atoms with van der Waals surface area (Å²) in [5, 5.41) is 4.72. The van der Waals surface area contributed by atoms with E-state index in [9.17, 15) is 0 Å². The van der Waals surface area contributed by atoms with Crippen LogP contribution >= 0.6 is 0 Å². The second kappa shape index (κ2) is 7.76. The molecule has 2 atom stereocenters. The number of hydrogen-bond acceptors (Lipinski definition) is 4. The van der Waals surface area contributed by atoms with Crippen molar-refractivity contribution in [1.29, 1.82) is 0 Å². The first-order chi connectivity index (χ1) is 9.78. The molecule has 0 radical (unpaired) electrons. The van der Waals surface area contributed by atoms with Crippen molar-refractivity contribution in [2.45, 2.75) is 70.6 Å². The van der Waals surface area contributed by atoms with Crippen molar-refractivity contribution < 1.29 is 4.74 Å². The van der Waals surface area contributed by atoms with Crippen LogP contribution in [0.5, 0.6) is 0 Å². The van der Waals surface area contributed by atoms with Crippen molar-refractivity contribution in [3.05, 3.63) is 18.0 Å². The van der Waals surface area contributed by atoms with E-state index in [0.29, 0.717) is 12.6 Å². The van der Waals surface area contributed by atoms with Gasteiger partial charge in [0.15, 0.2) is 0 Å². The van der Waals surface area contributed by atoms with Gasteiger partial charge in [0.1, 0.15) is 0 Å². The van der Waals surface area contributed by atoms with E-state index in [1.54, 1.807) is 0 Å². The number of nitrogens with two attached hydrogens (primary N) is 1. The summed E-state index contributed by atoms with van der Waals surface area (Å²) in [5.41, 5.74) is 3.99. The molecule has 5 nitrogen and oxygen atoms in total. The number of nitrogens with zero attached hydrogens (tertiary/aromatic N) is 2. The molecule has 0 spiro atoms. The molecule has 1 saturated carbocycles. The van der Waals surface area contributed by atoms with Gasteiger partial charge in [0, 0.05) is 19.2 Å². The van der Waals surface area contributed by atoms with Crippen molar-refractivity contribution in [3.63, 3.8) is 0 Å². The summed E-state index contributed by atoms with van der Waals surface area (Å²) in [4.78, 5) is 0. The van der Waals surface area contributed by atoms with E-state index in [1.807, 2.05) is 6.92 Å². The van der Waals surface area contributed by atoms with Gasteiger partial charge >= 0.3 is 0 Å². The number of hydrazine groups is 1. The van der Waals surface area contributed by atoms with Gasteiger partial charge in [0.05, 0.1) is 23.9 Å². The molecule has 1 aromatic rings. The van der Waals surface area contributed by atoms with Crippen LogP contribution in [0.15, 0.2) is 12.3 Å². The summed E-state index contributed by atoms with van der Waals surface area (Å²) in [7, 11) is 0. The van der Waals surface area contributed by atoms with Gasteiger partial charge < -0.3 is 4.74 Å². The van der Waals surface area contributed by atoms with Gasteiger partial charge in [0.25, 0.3) is 0 Å². The molecule has 0 aromatic carbocycles. The van der Waals surface area contributed by atoms with Crippen LogP contribution in [0.3, 0.4) is 0 Å². The summed E-state index contributed by atoms with van der Waals surface area (Å²) in [6.45, 7) is 4.86. The molecule has 2 unspecified atom stereocenters. The summed E-state index contributed by atoms with van der Waals surface area (Å²) in [5.74, 6) is 5.69. The van der Waals surface area contributed by atoms with Crippen molar-refractivity contribution in [2.75, 3.05) is 6.61 Å². The quantitative estimate of drug-likeness (QED) is 0.566. The molecule has 0 bridgehead atoms. The molecule has 0 amide bonds. The fourth-order valence-electron chi connectivity index (χ4n) is 3.11. The second-order valence-corrected chi connectivity index (χ2v) is 5.60. The lowest BCUT2D eigenvalue weighted by Gasteiger charge is -2.24. The third kappa shape index (κ3) is 3.81. The minimum atomic E-state index is 0.117. The first kappa shape index (κ1) is 15.5. The van der Waals surface area contributed by atoms with E-state index in [0.717, 1.165) is 18.5 Å². The molecule has 114 valence electrons. The Labute approximate surface area is 121 Å². The smallest absolute Gasteiger partial charge is 0.0742 e. The first-order valence-electron chi connectivity index (χ1n) is 7.90. The Morgan fingerprint density at radius 3 is 2.80 bits per heavy atom. The van der Waals surface area contributed by atoms with Gasteiger partial charge in [-0.15, -0.1) is 0 Å². The number of aromatic nitrogens is 2. The van der Waals surface area contributed by atoms with Crippen LogP contribution in [0.25, 0.3) is 0 Å². The molecule has 0 saturated heterocycles. The largest absolute Gasteiger partial charge is 0.377 e. The Bertz CT molecular complexity index is 387. The maximum atomic E-state index is 5.75. The van der Waals surface area contributed by atoms with Crippen LogP contribution in [0, 0.1) is 0 Å². The van der Waals surface area contributed by atoms with Gasteiger partial charge in [-0.25, -0.2) is 0 Å². The average molecular weight is 280 g/mol. The number of rotatable bonds is 8. The molecule has 20 heavy (non-hydrogen) atoms. The summed E-state index contributed by atoms with van der Waals surface area (Å²) in [6, 6.07) is 2.83. The molecule has 1 fully saturated rings. The zero-order chi connectivity index (χ0) is 14.4. The van der Waals surface area contributed by atoms with Crippen molar-refractivity contribution >= 4 is 0 Å². The standard InChI is InChI=1S/C15H28N4O/c1-3-15(20-4-2)14(17-16)11-12-9-10-19(18-12)13-7-5-6-8-13/h9-10,13-15,17H,3-8,11,16H2,1-2H3. The van der Waals surface area contributed by atoms with Gasteiger partial charge in [-0.1, -0.05) is 19.8 Å². The highest BCUT2D eigenvalue weighted by atomic mass is 16.5. The lowest BCUT2D eigenvalue weighted by Crippen LogP contribution is -2.46. The average Bonchev–Trinajstić information content (AvgIpc) is 3.13. The van der Waals surface area contributed by atoms with E-state index >= 15 is 0 Å². The number of nitrogens with one attached hydrogen (secondary N) is 1. The first-order valence-corrected chi connectivity index (χ1v) is 7.90. The summed E-state index contributed by atoms with van der Waals surface area (Å²) >= 11 is 0. The molecule has 2 rings (SSSR count). The van der Waals surface area contributed by atoms with Gasteiger partial charge in [-0.3, -0.25) is 16.0 Å². The predicted octanol–water partition coefficient (Wildman–Crippen LogP) is 2.19. The molecular weight excluding hydrogens is 252 g/mol. The van der Waals surface area contributed by atoms with Gasteiger partial charge in [-0.2, -0.15) is 5.10 Å². The van der Waals surface area contributed by atoms with Crippen molar-refractivity contribution in [2.24, 2.45) is 5.84 Å². The fourth-order valence-corrected chi connectivity index (χ4v) is 3.11. The van der Waals surface area contributed by atoms with E-state index in [4.69, 9.17) is 15.7 Å². The molecule has 5 heteroatoms. The fraction of sp³-hybridized carbons (Fsp3) is 0.800. The van der Waals surface area contributed by atoms with Gasteiger partial charge in [-0.05, 0) is 32.3 Å². The van der Waals surface area contributed by atoms with Crippen LogP contribution in [-0.2, 0) is 11.2 Å². The third-order valence-electron chi connectivity index (χ3n) is 4.24. The predicted molar refractivity (Wildman–Crippen MR) is 80.3 cm³/mol. The van der Waals surface area contributed by atoms with Gasteiger partial charge in [0.2, 0.25) is 0 Å². The van der Waals surface area contributed by atoms with Crippen LogP contribution in [0.1, 0.15) is 57.7 Å². The highest BCUT2D eigenvalue weighted by Crippen LogP contribution is 2.28. The van der Waals surface area contributed by atoms with E-state index in [-0.39, 0.29) is 12.1 Å². The maximum absolute atomic E-state index is 5.75. The normalized spacial score (nSPS) is 19.4. The van der Waals surface area contributed by atoms with Crippen LogP contribution < -0.4 is 11.3 Å². The molecule has 1 aliphatic carbocycles. The Morgan fingerprint density at radius 2 is 2.20 bits per heavy atom. The zero-order valence-corrected chi connectivity index (χ0v) is 12.7. The summed E-state index contributed by atoms with van der Waals surface area (Å²) in [6.07, 6.45) is 9.19. The van der Waals surface area contributed by atoms with E-state index < -0.39 is 0 Å². The SMILES string of the molecule is CCOC(CC)C(Cc1ccn(C2CCCC2)n1)NN. The van der Waals surface area contributed by atoms with Crippen molar-refractivity contribution in [1.82, 2.24) is 15.2 Å². The number of ether oxygens (including phenoxy) is 1. The second-order valence-electron chi connectivity index (χ2n) is 5.60. The molecule has 1 heterocycles. The molecule has 3 N–H and O–H groups in total. The minimum absolute atomic E-state index is 0.117. The van der Waals surface area contributed by atoms with Crippen molar-refractivity contribution in [3.8, 4) is 0 Å². The Morgan fingerprint density at radius 1 is 1.45 bits per heavy atom. The maximum Gasteiger partial charge on any atom is 0.0742 e. The molecule has 0 aliphatic heterocycles. The van der Waals surface area contributed by atoms with Crippen LogP contribution in [0.2, 0.25) is 0 Å². The van der Waals surface area contributed by atoms with E-state index in [1.165, 1.54) is 25.7 Å². The van der Waals surface area contributed by atoms with Crippen LogP contribution in [0.4, 0.5) is 0 Å². The molecular formula is C15H28N4O. The summed E-state index contributed by atoms with van der Waals surface area (Å²) < 4.78 is 7.88.